The number of hydrogen-bond donors (Lipinski definition) is 2. The van der Waals surface area contributed by atoms with Crippen LogP contribution < -0.4 is 20.5 Å². The molecule has 0 spiro atoms. The van der Waals surface area contributed by atoms with Gasteiger partial charge in [0, 0.05) is 11.3 Å². The normalized spacial score (nSPS) is 12.0. The SMILES string of the molecule is Cc1c(Cc2ccc3c(c2)OCO3)sc(NC(=O)Cc2ccccc2)c1C(N)=O. The molecule has 6 nitrogen and oxygen atoms in total. The van der Waals surface area contributed by atoms with Crippen LogP contribution in [0.3, 0.4) is 0 Å². The van der Waals surface area contributed by atoms with Crippen molar-refractivity contribution in [2.45, 2.75) is 19.8 Å². The van der Waals surface area contributed by atoms with Crippen LogP contribution in [0.25, 0.3) is 0 Å². The number of primary amides is 1. The summed E-state index contributed by atoms with van der Waals surface area (Å²) < 4.78 is 10.8. The van der Waals surface area contributed by atoms with Crippen LogP contribution in [0.5, 0.6) is 11.5 Å². The third kappa shape index (κ3) is 4.09. The molecule has 2 amide bonds. The summed E-state index contributed by atoms with van der Waals surface area (Å²) in [7, 11) is 0. The summed E-state index contributed by atoms with van der Waals surface area (Å²) in [6, 6.07) is 15.2. The van der Waals surface area contributed by atoms with Crippen LogP contribution in [-0.2, 0) is 17.6 Å². The molecule has 0 unspecified atom stereocenters. The monoisotopic (exact) mass is 408 g/mol. The van der Waals surface area contributed by atoms with Crippen molar-refractivity contribution < 1.29 is 19.1 Å². The number of nitrogens with two attached hydrogens (primary N) is 1. The summed E-state index contributed by atoms with van der Waals surface area (Å²) in [5.41, 5.74) is 8.69. The Bertz CT molecular complexity index is 1080. The molecule has 0 saturated heterocycles. The molecule has 1 aliphatic heterocycles. The fourth-order valence-electron chi connectivity index (χ4n) is 3.30. The largest absolute Gasteiger partial charge is 0.454 e. The van der Waals surface area contributed by atoms with E-state index in [0.29, 0.717) is 22.7 Å². The topological polar surface area (TPSA) is 90.7 Å². The summed E-state index contributed by atoms with van der Waals surface area (Å²) in [6.07, 6.45) is 0.829. The molecule has 1 aliphatic rings. The summed E-state index contributed by atoms with van der Waals surface area (Å²) in [6.45, 7) is 2.08. The molecule has 0 saturated carbocycles. The van der Waals surface area contributed by atoms with Gasteiger partial charge in [0.05, 0.1) is 12.0 Å². The second-order valence-electron chi connectivity index (χ2n) is 6.79. The van der Waals surface area contributed by atoms with Gasteiger partial charge in [0.2, 0.25) is 12.7 Å². The first-order valence-corrected chi connectivity index (χ1v) is 9.97. The van der Waals surface area contributed by atoms with E-state index < -0.39 is 5.91 Å². The first kappa shape index (κ1) is 19.0. The Morgan fingerprint density at radius 1 is 1.07 bits per heavy atom. The van der Waals surface area contributed by atoms with E-state index in [2.05, 4.69) is 5.32 Å². The number of ether oxygens (including phenoxy) is 2. The maximum atomic E-state index is 12.5. The first-order valence-electron chi connectivity index (χ1n) is 9.15. The molecule has 2 aromatic carbocycles. The van der Waals surface area contributed by atoms with E-state index in [0.717, 1.165) is 27.3 Å². The summed E-state index contributed by atoms with van der Waals surface area (Å²) in [5, 5.41) is 3.36. The van der Waals surface area contributed by atoms with E-state index in [-0.39, 0.29) is 19.1 Å². The highest BCUT2D eigenvalue weighted by molar-refractivity contribution is 7.17. The number of fused-ring (bicyclic) bond motifs is 1. The van der Waals surface area contributed by atoms with Crippen molar-refractivity contribution in [3.8, 4) is 11.5 Å². The fourth-order valence-corrected chi connectivity index (χ4v) is 4.56. The third-order valence-electron chi connectivity index (χ3n) is 4.75. The standard InChI is InChI=1S/C22H20N2O4S/c1-13-18(10-15-7-8-16-17(9-15)28-12-27-16)29-22(20(13)21(23)26)24-19(25)11-14-5-3-2-4-6-14/h2-9H,10-12H2,1H3,(H2,23,26)(H,24,25). The third-order valence-corrected chi connectivity index (χ3v) is 5.96. The molecule has 1 aromatic heterocycles. The molecular formula is C22H20N2O4S. The second-order valence-corrected chi connectivity index (χ2v) is 7.90. The van der Waals surface area contributed by atoms with Crippen LogP contribution in [0.1, 0.15) is 31.9 Å². The average Bonchev–Trinajstić information content (AvgIpc) is 3.26. The fraction of sp³-hybridized carbons (Fsp3) is 0.182. The zero-order chi connectivity index (χ0) is 20.4. The molecule has 2 heterocycles. The Morgan fingerprint density at radius 2 is 1.83 bits per heavy atom. The van der Waals surface area contributed by atoms with Gasteiger partial charge in [-0.25, -0.2) is 0 Å². The van der Waals surface area contributed by atoms with Crippen LogP contribution in [0.4, 0.5) is 5.00 Å². The Morgan fingerprint density at radius 3 is 2.59 bits per heavy atom. The molecule has 3 N–H and O–H groups in total. The van der Waals surface area contributed by atoms with Gasteiger partial charge in [0.25, 0.3) is 5.91 Å². The highest BCUT2D eigenvalue weighted by Gasteiger charge is 2.22. The van der Waals surface area contributed by atoms with Crippen LogP contribution >= 0.6 is 11.3 Å². The number of rotatable bonds is 6. The van der Waals surface area contributed by atoms with Crippen molar-refractivity contribution in [1.82, 2.24) is 0 Å². The maximum Gasteiger partial charge on any atom is 0.251 e. The number of carbonyl (C=O) groups is 2. The average molecular weight is 408 g/mol. The Labute approximate surface area is 172 Å². The van der Waals surface area contributed by atoms with Crippen LogP contribution in [0.15, 0.2) is 48.5 Å². The zero-order valence-electron chi connectivity index (χ0n) is 15.9. The van der Waals surface area contributed by atoms with Crippen LogP contribution in [-0.4, -0.2) is 18.6 Å². The smallest absolute Gasteiger partial charge is 0.251 e. The maximum absolute atomic E-state index is 12.5. The number of benzene rings is 2. The number of anilines is 1. The van der Waals surface area contributed by atoms with E-state index in [1.807, 2.05) is 55.5 Å². The van der Waals surface area contributed by atoms with Gasteiger partial charge < -0.3 is 20.5 Å². The lowest BCUT2D eigenvalue weighted by Gasteiger charge is -2.05. The molecule has 0 fully saturated rings. The minimum Gasteiger partial charge on any atom is -0.454 e. The van der Waals surface area contributed by atoms with Crippen molar-refractivity contribution in [2.75, 3.05) is 12.1 Å². The summed E-state index contributed by atoms with van der Waals surface area (Å²) >= 11 is 1.38. The van der Waals surface area contributed by atoms with Gasteiger partial charge in [-0.15, -0.1) is 11.3 Å². The van der Waals surface area contributed by atoms with Gasteiger partial charge >= 0.3 is 0 Å². The summed E-state index contributed by atoms with van der Waals surface area (Å²) in [4.78, 5) is 25.5. The number of amides is 2. The molecule has 3 aromatic rings. The molecule has 0 bridgehead atoms. The number of hydrogen-bond acceptors (Lipinski definition) is 5. The van der Waals surface area contributed by atoms with Gasteiger partial charge in [-0.05, 0) is 35.7 Å². The van der Waals surface area contributed by atoms with Crippen molar-refractivity contribution in [1.29, 1.82) is 0 Å². The van der Waals surface area contributed by atoms with E-state index in [1.165, 1.54) is 11.3 Å². The molecule has 29 heavy (non-hydrogen) atoms. The van der Waals surface area contributed by atoms with Gasteiger partial charge in [0.15, 0.2) is 11.5 Å². The Hall–Kier alpha value is -3.32. The van der Waals surface area contributed by atoms with Crippen molar-refractivity contribution in [3.05, 3.63) is 75.7 Å². The number of carbonyl (C=O) groups excluding carboxylic acids is 2. The lowest BCUT2D eigenvalue weighted by atomic mass is 10.1. The van der Waals surface area contributed by atoms with Gasteiger partial charge in [-0.3, -0.25) is 9.59 Å². The van der Waals surface area contributed by atoms with E-state index in [4.69, 9.17) is 15.2 Å². The Kier molecular flexibility index (Phi) is 5.22. The van der Waals surface area contributed by atoms with Gasteiger partial charge in [-0.2, -0.15) is 0 Å². The summed E-state index contributed by atoms with van der Waals surface area (Å²) in [5.74, 6) is 0.701. The predicted octanol–water partition coefficient (Wildman–Crippen LogP) is 3.66. The highest BCUT2D eigenvalue weighted by atomic mass is 32.1. The van der Waals surface area contributed by atoms with Crippen LogP contribution in [0, 0.1) is 6.92 Å². The van der Waals surface area contributed by atoms with E-state index >= 15 is 0 Å². The highest BCUT2D eigenvalue weighted by Crippen LogP contribution is 2.37. The van der Waals surface area contributed by atoms with Crippen molar-refractivity contribution >= 4 is 28.2 Å². The van der Waals surface area contributed by atoms with Gasteiger partial charge in [0.1, 0.15) is 5.00 Å². The minimum absolute atomic E-state index is 0.186. The molecular weight excluding hydrogens is 388 g/mol. The molecule has 0 atom stereocenters. The van der Waals surface area contributed by atoms with Crippen molar-refractivity contribution in [2.24, 2.45) is 5.73 Å². The molecule has 0 radical (unpaired) electrons. The zero-order valence-corrected chi connectivity index (χ0v) is 16.7. The molecule has 148 valence electrons. The van der Waals surface area contributed by atoms with Crippen molar-refractivity contribution in [3.63, 3.8) is 0 Å². The molecule has 4 rings (SSSR count). The lowest BCUT2D eigenvalue weighted by Crippen LogP contribution is -2.18. The van der Waals surface area contributed by atoms with E-state index in [9.17, 15) is 9.59 Å². The molecule has 7 heteroatoms. The van der Waals surface area contributed by atoms with E-state index in [1.54, 1.807) is 0 Å². The number of thiophene rings is 1. The quantitative estimate of drug-likeness (QED) is 0.651. The lowest BCUT2D eigenvalue weighted by molar-refractivity contribution is -0.115. The molecule has 0 aliphatic carbocycles. The first-order chi connectivity index (χ1) is 14.0. The second kappa shape index (κ2) is 7.97. The van der Waals surface area contributed by atoms with Gasteiger partial charge in [-0.1, -0.05) is 36.4 Å². The number of nitrogens with one attached hydrogen (secondary N) is 1. The minimum atomic E-state index is -0.550. The van der Waals surface area contributed by atoms with Crippen LogP contribution in [0.2, 0.25) is 0 Å². The Balaban J connectivity index is 1.56. The predicted molar refractivity (Wildman–Crippen MR) is 112 cm³/mol.